The molecule has 1 amide bonds. The van der Waals surface area contributed by atoms with Crippen LogP contribution in [0, 0.1) is 0 Å². The Bertz CT molecular complexity index is 816. The van der Waals surface area contributed by atoms with E-state index in [0.29, 0.717) is 5.56 Å². The van der Waals surface area contributed by atoms with Gasteiger partial charge in [-0.2, -0.15) is 0 Å². The van der Waals surface area contributed by atoms with Crippen LogP contribution in [0.15, 0.2) is 57.9 Å². The molecule has 0 fully saturated rings. The Morgan fingerprint density at radius 2 is 1.58 bits per heavy atom. The van der Waals surface area contributed by atoms with E-state index in [1.165, 1.54) is 38.4 Å². The molecule has 0 aliphatic heterocycles. The first kappa shape index (κ1) is 18.6. The van der Waals surface area contributed by atoms with E-state index in [9.17, 15) is 13.2 Å². The number of hydrogen-bond donors (Lipinski definition) is 1. The summed E-state index contributed by atoms with van der Waals surface area (Å²) in [6.07, 6.45) is 0. The fourth-order valence-electron chi connectivity index (χ4n) is 2.10. The lowest BCUT2D eigenvalue weighted by Gasteiger charge is -2.15. The predicted octanol–water partition coefficient (Wildman–Crippen LogP) is 3.19. The first-order valence-corrected chi connectivity index (χ1v) is 9.54. The van der Waals surface area contributed by atoms with Crippen molar-refractivity contribution in [3.8, 4) is 0 Å². The van der Waals surface area contributed by atoms with Gasteiger partial charge in [-0.05, 0) is 48.9 Å². The van der Waals surface area contributed by atoms with Crippen LogP contribution in [-0.4, -0.2) is 32.7 Å². The zero-order valence-corrected chi connectivity index (χ0v) is 16.1. The van der Waals surface area contributed by atoms with E-state index >= 15 is 0 Å². The summed E-state index contributed by atoms with van der Waals surface area (Å²) in [5, 5.41) is 2.90. The highest BCUT2D eigenvalue weighted by atomic mass is 79.9. The summed E-state index contributed by atoms with van der Waals surface area (Å²) in [5.41, 5.74) is 1.40. The average Bonchev–Trinajstić information content (AvgIpc) is 2.55. The van der Waals surface area contributed by atoms with Gasteiger partial charge in [-0.3, -0.25) is 4.79 Å². The Labute approximate surface area is 150 Å². The smallest absolute Gasteiger partial charge is 0.251 e. The van der Waals surface area contributed by atoms with Gasteiger partial charge < -0.3 is 5.32 Å². The first-order valence-electron chi connectivity index (χ1n) is 7.31. The van der Waals surface area contributed by atoms with Crippen molar-refractivity contribution in [1.29, 1.82) is 0 Å². The number of benzene rings is 2. The van der Waals surface area contributed by atoms with E-state index in [2.05, 4.69) is 21.2 Å². The van der Waals surface area contributed by atoms with Gasteiger partial charge in [0.2, 0.25) is 10.0 Å². The van der Waals surface area contributed by atoms with Crippen LogP contribution in [0.2, 0.25) is 0 Å². The van der Waals surface area contributed by atoms with Crippen LogP contribution in [0.25, 0.3) is 0 Å². The number of carbonyl (C=O) groups is 1. The van der Waals surface area contributed by atoms with Crippen LogP contribution in [0.5, 0.6) is 0 Å². The summed E-state index contributed by atoms with van der Waals surface area (Å²) >= 11 is 3.38. The fourth-order valence-corrected chi connectivity index (χ4v) is 3.27. The molecule has 1 unspecified atom stereocenters. The molecule has 1 atom stereocenters. The number of amides is 1. The van der Waals surface area contributed by atoms with Gasteiger partial charge >= 0.3 is 0 Å². The molecular weight excluding hydrogens is 392 g/mol. The highest BCUT2D eigenvalue weighted by Crippen LogP contribution is 2.18. The van der Waals surface area contributed by atoms with E-state index in [1.54, 1.807) is 0 Å². The maximum atomic E-state index is 12.3. The average molecular weight is 411 g/mol. The van der Waals surface area contributed by atoms with Crippen molar-refractivity contribution in [2.45, 2.75) is 17.9 Å². The maximum absolute atomic E-state index is 12.3. The normalized spacial score (nSPS) is 12.9. The second-order valence-corrected chi connectivity index (χ2v) is 8.63. The van der Waals surface area contributed by atoms with E-state index in [4.69, 9.17) is 0 Å². The van der Waals surface area contributed by atoms with Gasteiger partial charge in [0.15, 0.2) is 0 Å². The molecule has 0 aromatic heterocycles. The molecular formula is C17H19BrN2O3S. The number of sulfonamides is 1. The van der Waals surface area contributed by atoms with Crippen LogP contribution in [0.3, 0.4) is 0 Å². The van der Waals surface area contributed by atoms with Gasteiger partial charge in [0.25, 0.3) is 5.91 Å². The third kappa shape index (κ3) is 4.23. The second kappa shape index (κ2) is 7.46. The van der Waals surface area contributed by atoms with Gasteiger partial charge in [-0.15, -0.1) is 0 Å². The molecule has 0 spiro atoms. The molecule has 5 nitrogen and oxygen atoms in total. The quantitative estimate of drug-likeness (QED) is 0.822. The fraction of sp³-hybridized carbons (Fsp3) is 0.235. The highest BCUT2D eigenvalue weighted by molar-refractivity contribution is 9.10. The van der Waals surface area contributed by atoms with Gasteiger partial charge in [-0.25, -0.2) is 12.7 Å². The molecule has 24 heavy (non-hydrogen) atoms. The largest absolute Gasteiger partial charge is 0.346 e. The molecule has 2 aromatic carbocycles. The van der Waals surface area contributed by atoms with Crippen molar-refractivity contribution in [2.75, 3.05) is 14.1 Å². The molecule has 0 aliphatic carbocycles. The highest BCUT2D eigenvalue weighted by Gasteiger charge is 2.18. The minimum absolute atomic E-state index is 0.157. The van der Waals surface area contributed by atoms with Crippen molar-refractivity contribution < 1.29 is 13.2 Å². The van der Waals surface area contributed by atoms with Crippen LogP contribution in [-0.2, 0) is 10.0 Å². The van der Waals surface area contributed by atoms with E-state index < -0.39 is 10.0 Å². The standard InChI is InChI=1S/C17H19BrN2O3S/c1-12(13-4-8-15(18)9-5-13)19-17(21)14-6-10-16(11-7-14)24(22,23)20(2)3/h4-12H,1-3H3,(H,19,21). The van der Waals surface area contributed by atoms with Crippen molar-refractivity contribution >= 4 is 31.9 Å². The van der Waals surface area contributed by atoms with Crippen LogP contribution < -0.4 is 5.32 Å². The van der Waals surface area contributed by atoms with Crippen molar-refractivity contribution in [2.24, 2.45) is 0 Å². The predicted molar refractivity (Wildman–Crippen MR) is 97.3 cm³/mol. The molecule has 2 aromatic rings. The molecule has 0 saturated carbocycles. The minimum Gasteiger partial charge on any atom is -0.346 e. The molecule has 0 heterocycles. The first-order chi connectivity index (χ1) is 11.2. The number of carbonyl (C=O) groups excluding carboxylic acids is 1. The van der Waals surface area contributed by atoms with Crippen LogP contribution in [0.1, 0.15) is 28.9 Å². The number of rotatable bonds is 5. The van der Waals surface area contributed by atoms with Gasteiger partial charge in [0, 0.05) is 24.1 Å². The Hall–Kier alpha value is -1.70. The van der Waals surface area contributed by atoms with Gasteiger partial charge in [0.1, 0.15) is 0 Å². The zero-order valence-electron chi connectivity index (χ0n) is 13.7. The van der Waals surface area contributed by atoms with E-state index in [-0.39, 0.29) is 16.8 Å². The molecule has 1 N–H and O–H groups in total. The second-order valence-electron chi connectivity index (χ2n) is 5.56. The Kier molecular flexibility index (Phi) is 5.79. The third-order valence-electron chi connectivity index (χ3n) is 3.61. The summed E-state index contributed by atoms with van der Waals surface area (Å²) in [6, 6.07) is 13.4. The monoisotopic (exact) mass is 410 g/mol. The molecule has 0 bridgehead atoms. The van der Waals surface area contributed by atoms with E-state index in [0.717, 1.165) is 14.3 Å². The van der Waals surface area contributed by atoms with Crippen molar-refractivity contribution in [3.05, 3.63) is 64.1 Å². The molecule has 0 radical (unpaired) electrons. The Balaban J connectivity index is 2.11. The SMILES string of the molecule is CC(NC(=O)c1ccc(S(=O)(=O)N(C)C)cc1)c1ccc(Br)cc1. The summed E-state index contributed by atoms with van der Waals surface area (Å²) in [6.45, 7) is 1.89. The lowest BCUT2D eigenvalue weighted by atomic mass is 10.1. The van der Waals surface area contributed by atoms with Gasteiger partial charge in [-0.1, -0.05) is 28.1 Å². The van der Waals surface area contributed by atoms with Crippen molar-refractivity contribution in [3.63, 3.8) is 0 Å². The summed E-state index contributed by atoms with van der Waals surface area (Å²) in [4.78, 5) is 12.5. The third-order valence-corrected chi connectivity index (χ3v) is 5.97. The number of nitrogens with one attached hydrogen (secondary N) is 1. The number of nitrogens with zero attached hydrogens (tertiary/aromatic N) is 1. The van der Waals surface area contributed by atoms with E-state index in [1.807, 2.05) is 31.2 Å². The molecule has 0 aliphatic rings. The summed E-state index contributed by atoms with van der Waals surface area (Å²) in [5.74, 6) is -0.251. The lowest BCUT2D eigenvalue weighted by molar-refractivity contribution is 0.0940. The van der Waals surface area contributed by atoms with Crippen molar-refractivity contribution in [1.82, 2.24) is 9.62 Å². The topological polar surface area (TPSA) is 66.5 Å². The Morgan fingerprint density at radius 3 is 2.08 bits per heavy atom. The van der Waals surface area contributed by atoms with Crippen LogP contribution in [0.4, 0.5) is 0 Å². The molecule has 2 rings (SSSR count). The molecule has 0 saturated heterocycles. The number of halogens is 1. The maximum Gasteiger partial charge on any atom is 0.251 e. The zero-order chi connectivity index (χ0) is 17.9. The minimum atomic E-state index is -3.49. The van der Waals surface area contributed by atoms with Crippen LogP contribution >= 0.6 is 15.9 Å². The molecule has 7 heteroatoms. The van der Waals surface area contributed by atoms with Gasteiger partial charge in [0.05, 0.1) is 10.9 Å². The molecule has 128 valence electrons. The number of hydrogen-bond acceptors (Lipinski definition) is 3. The Morgan fingerprint density at radius 1 is 1.04 bits per heavy atom. The lowest BCUT2D eigenvalue weighted by Crippen LogP contribution is -2.27. The summed E-state index contributed by atoms with van der Waals surface area (Å²) < 4.78 is 26.2. The summed E-state index contributed by atoms with van der Waals surface area (Å²) in [7, 11) is -0.556.